The molecule has 0 spiro atoms. The van der Waals surface area contributed by atoms with E-state index in [0.717, 1.165) is 17.0 Å². The Morgan fingerprint density at radius 1 is 0.939 bits per heavy atom. The SMILES string of the molecule is CCOc1ccc(OCc2nnc(SCc3nnc(CC)o3)n2-c2ccc(C)c(Cl)c2)cc1. The number of aromatic nitrogens is 5. The summed E-state index contributed by atoms with van der Waals surface area (Å²) in [4.78, 5) is 0. The summed E-state index contributed by atoms with van der Waals surface area (Å²) in [7, 11) is 0. The van der Waals surface area contributed by atoms with Crippen LogP contribution in [0.3, 0.4) is 0 Å². The maximum absolute atomic E-state index is 6.40. The first-order valence-electron chi connectivity index (χ1n) is 10.6. The summed E-state index contributed by atoms with van der Waals surface area (Å²) >= 11 is 7.86. The van der Waals surface area contributed by atoms with Crippen molar-refractivity contribution in [1.82, 2.24) is 25.0 Å². The Kier molecular flexibility index (Phi) is 7.51. The molecule has 4 rings (SSSR count). The monoisotopic (exact) mass is 485 g/mol. The molecule has 8 nitrogen and oxygen atoms in total. The fourth-order valence-corrected chi connectivity index (χ4v) is 4.01. The maximum atomic E-state index is 6.40. The van der Waals surface area contributed by atoms with Gasteiger partial charge in [0.1, 0.15) is 18.1 Å². The molecule has 0 radical (unpaired) electrons. The number of benzene rings is 2. The van der Waals surface area contributed by atoms with Crippen LogP contribution in [-0.2, 0) is 18.8 Å². The fourth-order valence-electron chi connectivity index (χ4n) is 3.03. The van der Waals surface area contributed by atoms with E-state index in [4.69, 9.17) is 25.5 Å². The molecule has 0 amide bonds. The molecule has 0 saturated heterocycles. The van der Waals surface area contributed by atoms with Crippen LogP contribution in [0.15, 0.2) is 52.0 Å². The molecule has 2 aromatic carbocycles. The molecule has 0 aliphatic heterocycles. The quantitative estimate of drug-likeness (QED) is 0.274. The number of rotatable bonds is 10. The van der Waals surface area contributed by atoms with Gasteiger partial charge in [0.25, 0.3) is 0 Å². The van der Waals surface area contributed by atoms with E-state index in [1.165, 1.54) is 11.8 Å². The molecule has 0 fully saturated rings. The van der Waals surface area contributed by atoms with Gasteiger partial charge >= 0.3 is 0 Å². The molecule has 33 heavy (non-hydrogen) atoms. The zero-order valence-corrected chi connectivity index (χ0v) is 20.2. The van der Waals surface area contributed by atoms with Gasteiger partial charge in [0.2, 0.25) is 11.8 Å². The van der Waals surface area contributed by atoms with Gasteiger partial charge in [-0.25, -0.2) is 0 Å². The molecule has 2 heterocycles. The second kappa shape index (κ2) is 10.7. The molecular weight excluding hydrogens is 462 g/mol. The van der Waals surface area contributed by atoms with E-state index in [-0.39, 0.29) is 6.61 Å². The predicted molar refractivity (Wildman–Crippen MR) is 126 cm³/mol. The van der Waals surface area contributed by atoms with Crippen molar-refractivity contribution in [2.45, 2.75) is 44.7 Å². The Labute approximate surface area is 201 Å². The minimum absolute atomic E-state index is 0.230. The first kappa shape index (κ1) is 23.1. The third kappa shape index (κ3) is 5.66. The number of nitrogens with zero attached hydrogens (tertiary/aromatic N) is 5. The number of thioether (sulfide) groups is 1. The van der Waals surface area contributed by atoms with Gasteiger partial charge in [0, 0.05) is 11.4 Å². The molecule has 172 valence electrons. The summed E-state index contributed by atoms with van der Waals surface area (Å²) in [5, 5.41) is 18.2. The summed E-state index contributed by atoms with van der Waals surface area (Å²) < 4.78 is 19.0. The fraction of sp³-hybridized carbons (Fsp3) is 0.304. The Morgan fingerprint density at radius 2 is 1.67 bits per heavy atom. The lowest BCUT2D eigenvalue weighted by Gasteiger charge is -2.12. The molecule has 0 atom stereocenters. The van der Waals surface area contributed by atoms with E-state index in [0.29, 0.717) is 52.3 Å². The van der Waals surface area contributed by atoms with Gasteiger partial charge in [-0.1, -0.05) is 36.4 Å². The highest BCUT2D eigenvalue weighted by atomic mass is 35.5. The zero-order valence-electron chi connectivity index (χ0n) is 18.6. The molecular formula is C23H24ClN5O3S. The van der Waals surface area contributed by atoms with Crippen LogP contribution in [0.2, 0.25) is 5.02 Å². The van der Waals surface area contributed by atoms with Crippen molar-refractivity contribution in [2.24, 2.45) is 0 Å². The van der Waals surface area contributed by atoms with Crippen molar-refractivity contribution in [2.75, 3.05) is 6.61 Å². The van der Waals surface area contributed by atoms with E-state index in [1.54, 1.807) is 0 Å². The zero-order chi connectivity index (χ0) is 23.2. The number of ether oxygens (including phenoxy) is 2. The van der Waals surface area contributed by atoms with Crippen LogP contribution in [0.25, 0.3) is 5.69 Å². The molecule has 0 aliphatic rings. The van der Waals surface area contributed by atoms with E-state index in [2.05, 4.69) is 20.4 Å². The highest BCUT2D eigenvalue weighted by Crippen LogP contribution is 2.28. The van der Waals surface area contributed by atoms with Gasteiger partial charge in [0.15, 0.2) is 11.0 Å². The summed E-state index contributed by atoms with van der Waals surface area (Å²) in [6, 6.07) is 13.3. The van der Waals surface area contributed by atoms with Crippen molar-refractivity contribution < 1.29 is 13.9 Å². The van der Waals surface area contributed by atoms with Crippen LogP contribution < -0.4 is 9.47 Å². The van der Waals surface area contributed by atoms with Crippen molar-refractivity contribution in [3.63, 3.8) is 0 Å². The molecule has 0 unspecified atom stereocenters. The van der Waals surface area contributed by atoms with Gasteiger partial charge in [-0.05, 0) is 55.8 Å². The molecule has 10 heteroatoms. The third-order valence-electron chi connectivity index (χ3n) is 4.75. The lowest BCUT2D eigenvalue weighted by atomic mass is 10.2. The van der Waals surface area contributed by atoms with E-state index in [1.807, 2.05) is 67.8 Å². The Bertz CT molecular complexity index is 1210. The normalized spacial score (nSPS) is 11.0. The Morgan fingerprint density at radius 3 is 2.33 bits per heavy atom. The van der Waals surface area contributed by atoms with Gasteiger partial charge in [-0.15, -0.1) is 20.4 Å². The van der Waals surface area contributed by atoms with Crippen LogP contribution in [0, 0.1) is 6.92 Å². The summed E-state index contributed by atoms with van der Waals surface area (Å²) in [5.41, 5.74) is 1.84. The van der Waals surface area contributed by atoms with Crippen molar-refractivity contribution in [3.8, 4) is 17.2 Å². The van der Waals surface area contributed by atoms with Crippen molar-refractivity contribution in [1.29, 1.82) is 0 Å². The van der Waals surface area contributed by atoms with Crippen LogP contribution in [-0.4, -0.2) is 31.6 Å². The smallest absolute Gasteiger partial charge is 0.226 e. The number of hydrogen-bond acceptors (Lipinski definition) is 8. The van der Waals surface area contributed by atoms with Crippen LogP contribution in [0.5, 0.6) is 11.5 Å². The third-order valence-corrected chi connectivity index (χ3v) is 6.07. The predicted octanol–water partition coefficient (Wildman–Crippen LogP) is 5.44. The number of aryl methyl sites for hydroxylation is 2. The largest absolute Gasteiger partial charge is 0.494 e. The van der Waals surface area contributed by atoms with Gasteiger partial charge in [0.05, 0.1) is 18.0 Å². The Balaban J connectivity index is 1.56. The van der Waals surface area contributed by atoms with Gasteiger partial charge < -0.3 is 13.9 Å². The second-order valence-corrected chi connectivity index (χ2v) is 8.44. The van der Waals surface area contributed by atoms with Crippen LogP contribution >= 0.6 is 23.4 Å². The molecule has 4 aromatic rings. The van der Waals surface area contributed by atoms with Crippen molar-refractivity contribution >= 4 is 23.4 Å². The summed E-state index contributed by atoms with van der Waals surface area (Å²) in [6.07, 6.45) is 0.697. The molecule has 0 bridgehead atoms. The molecule has 2 aromatic heterocycles. The maximum Gasteiger partial charge on any atom is 0.226 e. The average Bonchev–Trinajstić information content (AvgIpc) is 3.46. The first-order chi connectivity index (χ1) is 16.1. The first-order valence-corrected chi connectivity index (χ1v) is 11.9. The number of halogens is 1. The van der Waals surface area contributed by atoms with E-state index in [9.17, 15) is 0 Å². The van der Waals surface area contributed by atoms with E-state index >= 15 is 0 Å². The lowest BCUT2D eigenvalue weighted by Crippen LogP contribution is -2.07. The summed E-state index contributed by atoms with van der Waals surface area (Å²) in [6.45, 7) is 6.73. The highest BCUT2D eigenvalue weighted by Gasteiger charge is 2.17. The lowest BCUT2D eigenvalue weighted by molar-refractivity contribution is 0.291. The van der Waals surface area contributed by atoms with Crippen LogP contribution in [0.4, 0.5) is 0 Å². The molecule has 0 aliphatic carbocycles. The topological polar surface area (TPSA) is 88.1 Å². The van der Waals surface area contributed by atoms with Gasteiger partial charge in [-0.3, -0.25) is 4.57 Å². The Hall–Kier alpha value is -3.04. The van der Waals surface area contributed by atoms with Gasteiger partial charge in [-0.2, -0.15) is 0 Å². The summed E-state index contributed by atoms with van der Waals surface area (Å²) in [5.74, 6) is 3.79. The molecule has 0 saturated carbocycles. The average molecular weight is 486 g/mol. The standard InChI is InChI=1S/C23H24ClN5O3S/c1-4-21-26-27-22(32-21)14-33-23-28-25-20(29(23)16-7-6-15(3)19(24)12-16)13-31-18-10-8-17(9-11-18)30-5-2/h6-12H,4-5,13-14H2,1-3H3. The highest BCUT2D eigenvalue weighted by molar-refractivity contribution is 7.98. The van der Waals surface area contributed by atoms with Crippen LogP contribution in [0.1, 0.15) is 37.0 Å². The van der Waals surface area contributed by atoms with E-state index < -0.39 is 0 Å². The minimum atomic E-state index is 0.230. The molecule has 0 N–H and O–H groups in total. The number of hydrogen-bond donors (Lipinski definition) is 0. The van der Waals surface area contributed by atoms with Crippen molar-refractivity contribution in [3.05, 3.63) is 70.7 Å². The minimum Gasteiger partial charge on any atom is -0.494 e. The second-order valence-electron chi connectivity index (χ2n) is 7.09.